The zero-order chi connectivity index (χ0) is 22.7. The molecule has 2 fully saturated rings. The van der Waals surface area contributed by atoms with Crippen molar-refractivity contribution in [3.8, 4) is 0 Å². The number of carbonyl (C=O) groups is 1. The molecular weight excluding hydrogens is 423 g/mol. The minimum atomic E-state index is -3.41. The molecule has 2 aromatic rings. The second-order valence-electron chi connectivity index (χ2n) is 8.78. The molecule has 2 radical (unpaired) electrons. The van der Waals surface area contributed by atoms with Gasteiger partial charge in [-0.15, -0.1) is 0 Å². The van der Waals surface area contributed by atoms with Crippen LogP contribution in [0.2, 0.25) is 0 Å². The van der Waals surface area contributed by atoms with Crippen molar-refractivity contribution in [2.24, 2.45) is 5.92 Å². The van der Waals surface area contributed by atoms with Crippen LogP contribution in [0.1, 0.15) is 31.2 Å². The number of piperidine rings is 2. The van der Waals surface area contributed by atoms with Gasteiger partial charge < -0.3 is 10.6 Å². The van der Waals surface area contributed by atoms with Gasteiger partial charge in [0.2, 0.25) is 5.91 Å². The van der Waals surface area contributed by atoms with E-state index in [1.807, 2.05) is 17.0 Å². The van der Waals surface area contributed by atoms with E-state index in [1.54, 1.807) is 30.5 Å². The Labute approximate surface area is 191 Å². The molecule has 9 heteroatoms. The van der Waals surface area contributed by atoms with E-state index >= 15 is 0 Å². The Bertz CT molecular complexity index is 1050. The molecule has 0 unspecified atom stereocenters. The Kier molecular flexibility index (Phi) is 6.86. The molecule has 0 aliphatic carbocycles. The number of nitrogens with zero attached hydrogens (tertiary/aromatic N) is 3. The Balaban J connectivity index is 1.27. The summed E-state index contributed by atoms with van der Waals surface area (Å²) >= 11 is 0. The van der Waals surface area contributed by atoms with Crippen molar-refractivity contribution >= 4 is 34.9 Å². The van der Waals surface area contributed by atoms with E-state index in [2.05, 4.69) is 9.88 Å². The van der Waals surface area contributed by atoms with Crippen LogP contribution in [-0.2, 0) is 21.2 Å². The lowest BCUT2D eigenvalue weighted by Crippen LogP contribution is -2.47. The van der Waals surface area contributed by atoms with Gasteiger partial charge in [0, 0.05) is 31.7 Å². The second kappa shape index (κ2) is 9.62. The van der Waals surface area contributed by atoms with Crippen molar-refractivity contribution in [2.45, 2.75) is 42.4 Å². The first-order valence-electron chi connectivity index (χ1n) is 11.1. The summed E-state index contributed by atoms with van der Waals surface area (Å²) in [5, 5.41) is -0.454. The number of pyridine rings is 1. The molecule has 32 heavy (non-hydrogen) atoms. The molecule has 3 heterocycles. The van der Waals surface area contributed by atoms with E-state index in [4.69, 9.17) is 13.6 Å². The summed E-state index contributed by atoms with van der Waals surface area (Å²) in [6.07, 6.45) is 4.31. The van der Waals surface area contributed by atoms with E-state index in [9.17, 15) is 13.2 Å². The monoisotopic (exact) mass is 452 g/mol. The molecule has 0 spiro atoms. The fraction of sp³-hybridized carbons (Fsp3) is 0.478. The van der Waals surface area contributed by atoms with Crippen molar-refractivity contribution in [1.82, 2.24) is 14.8 Å². The topological polar surface area (TPSA) is 96.6 Å². The van der Waals surface area contributed by atoms with E-state index in [1.165, 1.54) is 0 Å². The van der Waals surface area contributed by atoms with Crippen molar-refractivity contribution in [1.29, 1.82) is 0 Å². The van der Waals surface area contributed by atoms with E-state index < -0.39 is 15.1 Å². The Morgan fingerprint density at radius 3 is 2.31 bits per heavy atom. The number of anilines is 1. The number of nitrogens with two attached hydrogens (primary N) is 1. The molecule has 2 aliphatic heterocycles. The highest BCUT2D eigenvalue weighted by molar-refractivity contribution is 7.92. The number of hydrogen-bond donors (Lipinski definition) is 1. The summed E-state index contributed by atoms with van der Waals surface area (Å²) < 4.78 is 25.8. The minimum Gasteiger partial charge on any atom is -0.384 e. The lowest BCUT2D eigenvalue weighted by molar-refractivity contribution is -0.138. The maximum atomic E-state index is 13.0. The fourth-order valence-corrected chi connectivity index (χ4v) is 6.42. The number of sulfone groups is 1. The number of amides is 1. The van der Waals surface area contributed by atoms with Crippen LogP contribution in [0.4, 0.5) is 5.82 Å². The van der Waals surface area contributed by atoms with Crippen LogP contribution in [-0.4, -0.2) is 68.4 Å². The number of carbonyl (C=O) groups excluding carboxylic acids is 1. The van der Waals surface area contributed by atoms with Crippen LogP contribution >= 0.6 is 0 Å². The van der Waals surface area contributed by atoms with Crippen LogP contribution < -0.4 is 11.2 Å². The standard InChI is InChI=1S/C23H29BN4O3S/c24-19-1-3-20(4-2-19)32(30,31)21-8-13-28(14-9-21)23(29)18-6-11-27(12-7-18)16-17-5-10-26-22(25)15-17/h1-5,10,15,18,21H,6-9,11-14,16H2,(H2,25,26). The third kappa shape index (κ3) is 5.15. The molecule has 0 saturated carbocycles. The SMILES string of the molecule is [B]c1ccc(S(=O)(=O)C2CCN(C(=O)C3CCN(Cc4ccnc(N)c4)CC3)CC2)cc1. The molecule has 7 nitrogen and oxygen atoms in total. The normalized spacial score (nSPS) is 19.2. The lowest BCUT2D eigenvalue weighted by Gasteiger charge is -2.37. The molecule has 2 saturated heterocycles. The largest absolute Gasteiger partial charge is 0.384 e. The quantitative estimate of drug-likeness (QED) is 0.684. The number of likely N-dealkylation sites (tertiary alicyclic amines) is 2. The molecular formula is C23H29BN4O3S. The van der Waals surface area contributed by atoms with Gasteiger partial charge in [0.1, 0.15) is 13.7 Å². The van der Waals surface area contributed by atoms with Gasteiger partial charge in [-0.1, -0.05) is 17.6 Å². The molecule has 0 atom stereocenters. The molecule has 1 aromatic heterocycles. The van der Waals surface area contributed by atoms with E-state index in [0.29, 0.717) is 42.1 Å². The van der Waals surface area contributed by atoms with Gasteiger partial charge in [0.05, 0.1) is 10.1 Å². The number of aromatic nitrogens is 1. The summed E-state index contributed by atoms with van der Waals surface area (Å²) in [4.78, 5) is 21.6. The maximum Gasteiger partial charge on any atom is 0.225 e. The third-order valence-corrected chi connectivity index (χ3v) is 8.87. The molecule has 0 bridgehead atoms. The Hall–Kier alpha value is -2.39. The average Bonchev–Trinajstić information content (AvgIpc) is 2.79. The third-order valence-electron chi connectivity index (χ3n) is 6.59. The first-order chi connectivity index (χ1) is 15.3. The van der Waals surface area contributed by atoms with E-state index in [-0.39, 0.29) is 11.8 Å². The highest BCUT2D eigenvalue weighted by Gasteiger charge is 2.35. The first kappa shape index (κ1) is 22.8. The van der Waals surface area contributed by atoms with Crippen molar-refractivity contribution in [3.05, 3.63) is 48.2 Å². The van der Waals surface area contributed by atoms with Crippen LogP contribution in [0, 0.1) is 5.92 Å². The van der Waals surface area contributed by atoms with Crippen LogP contribution in [0.25, 0.3) is 0 Å². The van der Waals surface area contributed by atoms with Gasteiger partial charge >= 0.3 is 0 Å². The molecule has 1 aromatic carbocycles. The molecule has 2 aliphatic rings. The Morgan fingerprint density at radius 1 is 1.03 bits per heavy atom. The summed E-state index contributed by atoms with van der Waals surface area (Å²) in [6, 6.07) is 10.2. The van der Waals surface area contributed by atoms with Crippen molar-refractivity contribution < 1.29 is 13.2 Å². The fourth-order valence-electron chi connectivity index (χ4n) is 4.68. The van der Waals surface area contributed by atoms with Gasteiger partial charge in [0.15, 0.2) is 9.84 Å². The van der Waals surface area contributed by atoms with Crippen molar-refractivity contribution in [3.63, 3.8) is 0 Å². The van der Waals surface area contributed by atoms with Crippen molar-refractivity contribution in [2.75, 3.05) is 31.9 Å². The first-order valence-corrected chi connectivity index (χ1v) is 12.7. The van der Waals surface area contributed by atoms with Crippen LogP contribution in [0.5, 0.6) is 0 Å². The van der Waals surface area contributed by atoms with Gasteiger partial charge in [-0.25, -0.2) is 13.4 Å². The smallest absolute Gasteiger partial charge is 0.225 e. The number of benzene rings is 1. The van der Waals surface area contributed by atoms with Gasteiger partial charge in [-0.3, -0.25) is 9.69 Å². The number of rotatable bonds is 5. The Morgan fingerprint density at radius 2 is 1.69 bits per heavy atom. The van der Waals surface area contributed by atoms with E-state index in [0.717, 1.165) is 38.0 Å². The summed E-state index contributed by atoms with van der Waals surface area (Å²) in [5.74, 6) is 0.703. The predicted molar refractivity (Wildman–Crippen MR) is 125 cm³/mol. The minimum absolute atomic E-state index is 0.0130. The molecule has 1 amide bonds. The number of nitrogen functional groups attached to an aromatic ring is 1. The number of hydrogen-bond acceptors (Lipinski definition) is 6. The molecule has 2 N–H and O–H groups in total. The summed E-state index contributed by atoms with van der Waals surface area (Å²) in [5.41, 5.74) is 7.43. The van der Waals surface area contributed by atoms with Crippen LogP contribution in [0.15, 0.2) is 47.5 Å². The predicted octanol–water partition coefficient (Wildman–Crippen LogP) is 1.13. The molecule has 4 rings (SSSR count). The second-order valence-corrected chi connectivity index (χ2v) is 11.0. The lowest BCUT2D eigenvalue weighted by atomic mass is 9.94. The maximum absolute atomic E-state index is 13.0. The average molecular weight is 452 g/mol. The van der Waals surface area contributed by atoms with Gasteiger partial charge in [-0.2, -0.15) is 0 Å². The van der Waals surface area contributed by atoms with Crippen LogP contribution in [0.3, 0.4) is 0 Å². The van der Waals surface area contributed by atoms with Gasteiger partial charge in [-0.05, 0) is 68.6 Å². The highest BCUT2D eigenvalue weighted by atomic mass is 32.2. The summed E-state index contributed by atoms with van der Waals surface area (Å²) in [6.45, 7) is 3.52. The van der Waals surface area contributed by atoms with Gasteiger partial charge in [0.25, 0.3) is 0 Å². The molecule has 168 valence electrons. The zero-order valence-corrected chi connectivity index (χ0v) is 19.0. The summed E-state index contributed by atoms with van der Waals surface area (Å²) in [7, 11) is 2.27. The zero-order valence-electron chi connectivity index (χ0n) is 18.2. The highest BCUT2D eigenvalue weighted by Crippen LogP contribution is 2.27.